The van der Waals surface area contributed by atoms with E-state index in [0.717, 1.165) is 11.8 Å². The van der Waals surface area contributed by atoms with Crippen molar-refractivity contribution in [2.24, 2.45) is 11.8 Å². The van der Waals surface area contributed by atoms with Crippen LogP contribution in [-0.4, -0.2) is 7.85 Å². The monoisotopic (exact) mass is 222 g/mol. The predicted octanol–water partition coefficient (Wildman–Crippen LogP) is 5.38. The normalized spacial score (nSPS) is 17.0. The van der Waals surface area contributed by atoms with Crippen LogP contribution in [0.3, 0.4) is 0 Å². The van der Waals surface area contributed by atoms with Crippen LogP contribution in [0.15, 0.2) is 0 Å². The lowest BCUT2D eigenvalue weighted by molar-refractivity contribution is 0.399. The van der Waals surface area contributed by atoms with E-state index in [2.05, 4.69) is 27.7 Å². The Morgan fingerprint density at radius 3 is 1.50 bits per heavy atom. The first-order valence-electron chi connectivity index (χ1n) is 7.35. The van der Waals surface area contributed by atoms with Crippen molar-refractivity contribution in [2.75, 3.05) is 0 Å². The van der Waals surface area contributed by atoms with Crippen LogP contribution in [0.5, 0.6) is 0 Å². The van der Waals surface area contributed by atoms with E-state index in [4.69, 9.17) is 7.85 Å². The Hall–Kier alpha value is 0.0649. The van der Waals surface area contributed by atoms with Gasteiger partial charge in [0, 0.05) is 0 Å². The van der Waals surface area contributed by atoms with Gasteiger partial charge in [-0.1, -0.05) is 84.9 Å². The molecule has 0 aromatic rings. The molecule has 2 unspecified atom stereocenters. The average Bonchev–Trinajstić information content (AvgIpc) is 2.23. The smallest absolute Gasteiger partial charge is 0.0699 e. The lowest BCUT2D eigenvalue weighted by Crippen LogP contribution is -2.06. The van der Waals surface area contributed by atoms with Crippen molar-refractivity contribution in [3.63, 3.8) is 0 Å². The summed E-state index contributed by atoms with van der Waals surface area (Å²) in [6.07, 6.45) is 10.5. The Balaban J connectivity index is 3.58. The second kappa shape index (κ2) is 10.2. The van der Waals surface area contributed by atoms with E-state index in [1.807, 2.05) is 0 Å². The van der Waals surface area contributed by atoms with Crippen LogP contribution in [0.4, 0.5) is 0 Å². The summed E-state index contributed by atoms with van der Waals surface area (Å²) in [4.78, 5) is 0. The highest BCUT2D eigenvalue weighted by molar-refractivity contribution is 6.11. The first kappa shape index (κ1) is 16.1. The summed E-state index contributed by atoms with van der Waals surface area (Å²) in [5.74, 6) is 2.06. The molecule has 0 nitrogen and oxygen atoms in total. The Kier molecular flexibility index (Phi) is 10.3. The first-order valence-corrected chi connectivity index (χ1v) is 7.35. The lowest BCUT2D eigenvalue weighted by Gasteiger charge is -2.20. The second-order valence-electron chi connectivity index (χ2n) is 5.73. The highest BCUT2D eigenvalue weighted by Gasteiger charge is 2.11. The molecule has 0 aromatic heterocycles. The molecule has 0 N–H and O–H groups in total. The molecule has 1 heteroatoms. The molecule has 94 valence electrons. The summed E-state index contributed by atoms with van der Waals surface area (Å²) < 4.78 is 0. The zero-order valence-corrected chi connectivity index (χ0v) is 12.0. The van der Waals surface area contributed by atoms with E-state index in [1.54, 1.807) is 0 Å². The molecular formula is C15H31B. The van der Waals surface area contributed by atoms with Crippen molar-refractivity contribution >= 4 is 7.85 Å². The summed E-state index contributed by atoms with van der Waals surface area (Å²) >= 11 is 0. The predicted molar refractivity (Wildman–Crippen MR) is 76.1 cm³/mol. The topological polar surface area (TPSA) is 0 Å². The van der Waals surface area contributed by atoms with Gasteiger partial charge in [-0.15, -0.1) is 0 Å². The molecule has 0 saturated heterocycles. The number of hydrogen-bond acceptors (Lipinski definition) is 0. The first-order chi connectivity index (χ1) is 7.60. The third-order valence-electron chi connectivity index (χ3n) is 3.51. The molecule has 0 aliphatic heterocycles. The van der Waals surface area contributed by atoms with Crippen LogP contribution >= 0.6 is 0 Å². The van der Waals surface area contributed by atoms with Crippen molar-refractivity contribution in [3.8, 4) is 0 Å². The molecule has 0 spiro atoms. The van der Waals surface area contributed by atoms with Crippen molar-refractivity contribution in [1.82, 2.24) is 0 Å². The van der Waals surface area contributed by atoms with Crippen LogP contribution in [0.2, 0.25) is 5.82 Å². The minimum absolute atomic E-state index is 0.429. The number of hydrogen-bond donors (Lipinski definition) is 0. The fourth-order valence-corrected chi connectivity index (χ4v) is 2.47. The van der Waals surface area contributed by atoms with Crippen molar-refractivity contribution in [2.45, 2.75) is 84.9 Å². The average molecular weight is 222 g/mol. The Bertz CT molecular complexity index is 128. The Morgan fingerprint density at radius 1 is 0.812 bits per heavy atom. The van der Waals surface area contributed by atoms with Gasteiger partial charge < -0.3 is 0 Å². The summed E-state index contributed by atoms with van der Waals surface area (Å²) in [5.41, 5.74) is 0. The molecule has 0 bridgehead atoms. The van der Waals surface area contributed by atoms with Crippen LogP contribution in [0.1, 0.15) is 79.1 Å². The fraction of sp³-hybridized carbons (Fsp3) is 1.00. The van der Waals surface area contributed by atoms with E-state index in [-0.39, 0.29) is 0 Å². The largest absolute Gasteiger partial charge is 0.0769 e. The molecule has 0 aliphatic carbocycles. The summed E-state index contributed by atoms with van der Waals surface area (Å²) in [6, 6.07) is 0. The molecule has 2 atom stereocenters. The highest BCUT2D eigenvalue weighted by Crippen LogP contribution is 2.27. The van der Waals surface area contributed by atoms with Gasteiger partial charge in [-0.3, -0.25) is 0 Å². The van der Waals surface area contributed by atoms with Crippen LogP contribution in [0.25, 0.3) is 0 Å². The number of unbranched alkanes of at least 4 members (excludes halogenated alkanes) is 2. The van der Waals surface area contributed by atoms with Gasteiger partial charge in [0.2, 0.25) is 0 Å². The fourth-order valence-electron chi connectivity index (χ4n) is 2.47. The van der Waals surface area contributed by atoms with Gasteiger partial charge in [-0.05, 0) is 11.8 Å². The molecule has 16 heavy (non-hydrogen) atoms. The van der Waals surface area contributed by atoms with Crippen molar-refractivity contribution in [3.05, 3.63) is 0 Å². The van der Waals surface area contributed by atoms with Crippen LogP contribution in [-0.2, 0) is 0 Å². The molecule has 0 heterocycles. The third-order valence-corrected chi connectivity index (χ3v) is 3.51. The summed E-state index contributed by atoms with van der Waals surface area (Å²) in [5, 5.41) is 0. The molecule has 2 radical (unpaired) electrons. The zero-order valence-electron chi connectivity index (χ0n) is 12.0. The maximum absolute atomic E-state index is 6.22. The van der Waals surface area contributed by atoms with E-state index < -0.39 is 0 Å². The highest BCUT2D eigenvalue weighted by atomic mass is 14.1. The molecular weight excluding hydrogens is 191 g/mol. The third kappa shape index (κ3) is 9.30. The number of rotatable bonds is 10. The molecule has 0 amide bonds. The van der Waals surface area contributed by atoms with Gasteiger partial charge in [0.05, 0.1) is 7.85 Å². The van der Waals surface area contributed by atoms with E-state index in [0.29, 0.717) is 5.82 Å². The van der Waals surface area contributed by atoms with Crippen LogP contribution < -0.4 is 0 Å². The van der Waals surface area contributed by atoms with Gasteiger partial charge in [-0.25, -0.2) is 0 Å². The van der Waals surface area contributed by atoms with Gasteiger partial charge in [0.25, 0.3) is 0 Å². The van der Waals surface area contributed by atoms with E-state index >= 15 is 0 Å². The summed E-state index contributed by atoms with van der Waals surface area (Å²) in [6.45, 7) is 9.23. The van der Waals surface area contributed by atoms with Crippen LogP contribution in [0, 0.1) is 11.8 Å². The SMILES string of the molecule is [B]C(CC(C)CCCC)CC(C)CCCC. The molecule has 0 aromatic carbocycles. The van der Waals surface area contributed by atoms with Crippen molar-refractivity contribution < 1.29 is 0 Å². The van der Waals surface area contributed by atoms with E-state index in [9.17, 15) is 0 Å². The van der Waals surface area contributed by atoms with Gasteiger partial charge in [0.1, 0.15) is 0 Å². The van der Waals surface area contributed by atoms with Crippen molar-refractivity contribution in [1.29, 1.82) is 0 Å². The maximum atomic E-state index is 6.22. The molecule has 0 aliphatic rings. The molecule has 0 saturated carbocycles. The minimum atomic E-state index is 0.429. The molecule has 0 fully saturated rings. The van der Waals surface area contributed by atoms with E-state index in [1.165, 1.54) is 51.4 Å². The van der Waals surface area contributed by atoms with Gasteiger partial charge in [-0.2, -0.15) is 0 Å². The zero-order chi connectivity index (χ0) is 12.4. The lowest BCUT2D eigenvalue weighted by atomic mass is 9.73. The molecule has 0 rings (SSSR count). The second-order valence-corrected chi connectivity index (χ2v) is 5.73. The summed E-state index contributed by atoms with van der Waals surface area (Å²) in [7, 11) is 6.22. The standard InChI is InChI=1S/C15H31B/c1-5-7-9-13(3)11-15(16)12-14(4)10-8-6-2/h13-15H,5-12H2,1-4H3. The quantitative estimate of drug-likeness (QED) is 0.435. The Morgan fingerprint density at radius 2 is 1.19 bits per heavy atom. The van der Waals surface area contributed by atoms with Gasteiger partial charge >= 0.3 is 0 Å². The Labute approximate surface area is 105 Å². The maximum Gasteiger partial charge on any atom is 0.0699 e. The minimum Gasteiger partial charge on any atom is -0.0769 e. The van der Waals surface area contributed by atoms with Gasteiger partial charge in [0.15, 0.2) is 0 Å².